The third kappa shape index (κ3) is 4.33. The van der Waals surface area contributed by atoms with Crippen molar-refractivity contribution < 1.29 is 9.31 Å². The molecule has 0 saturated heterocycles. The highest BCUT2D eigenvalue weighted by atomic mass is 16.2. The summed E-state index contributed by atoms with van der Waals surface area (Å²) in [6, 6.07) is 15.6. The number of nitrogens with two attached hydrogens (primary N) is 1. The maximum absolute atomic E-state index is 14.1. The molecule has 1 amide bonds. The predicted octanol–water partition coefficient (Wildman–Crippen LogP) is 2.05. The molecule has 0 aliphatic heterocycles. The van der Waals surface area contributed by atoms with Gasteiger partial charge in [0.25, 0.3) is 11.5 Å². The van der Waals surface area contributed by atoms with Crippen molar-refractivity contribution in [3.05, 3.63) is 112 Å². The van der Waals surface area contributed by atoms with E-state index in [1.54, 1.807) is 65.2 Å². The summed E-state index contributed by atoms with van der Waals surface area (Å²) in [5, 5.41) is 10.4. The first-order chi connectivity index (χ1) is 19.4. The monoisotopic (exact) mass is 530 g/mol. The highest BCUT2D eigenvalue weighted by molar-refractivity contribution is 6.03. The zero-order valence-corrected chi connectivity index (χ0v) is 21.7. The number of aryl methyl sites for hydroxylation is 1. The molecule has 4 aromatic heterocycles. The topological polar surface area (TPSA) is 141 Å². The number of hydrogen-bond acceptors (Lipinski definition) is 6. The largest absolute Gasteiger partial charge is 0.382 e. The third-order valence-corrected chi connectivity index (χ3v) is 6.43. The van der Waals surface area contributed by atoms with Crippen LogP contribution >= 0.6 is 0 Å². The Labute approximate surface area is 227 Å². The van der Waals surface area contributed by atoms with Crippen molar-refractivity contribution in [2.24, 2.45) is 7.05 Å². The SMILES string of the molecule is CC(NC(=O)c1c(N)[nH][n+]2cccnc12)c1nc2cccc(C#Cc3cnn(C)c3)c2c(=O)n1-c1ccccc1. The summed E-state index contributed by atoms with van der Waals surface area (Å²) in [7, 11) is 1.81. The number of nitrogens with zero attached hydrogens (tertiary/aromatic N) is 6. The number of hydrogen-bond donors (Lipinski definition) is 3. The van der Waals surface area contributed by atoms with Gasteiger partial charge in [-0.25, -0.2) is 10.1 Å². The molecule has 6 aromatic rings. The van der Waals surface area contributed by atoms with Crippen molar-refractivity contribution in [3.8, 4) is 17.5 Å². The minimum atomic E-state index is -0.673. The second kappa shape index (κ2) is 9.85. The van der Waals surface area contributed by atoms with Crippen LogP contribution in [0, 0.1) is 11.8 Å². The second-order valence-corrected chi connectivity index (χ2v) is 9.21. The number of nitrogens with one attached hydrogen (secondary N) is 2. The first-order valence-corrected chi connectivity index (χ1v) is 12.5. The molecule has 11 heteroatoms. The lowest BCUT2D eigenvalue weighted by molar-refractivity contribution is -0.577. The maximum atomic E-state index is 14.1. The molecule has 0 saturated carbocycles. The summed E-state index contributed by atoms with van der Waals surface area (Å²) in [6.07, 6.45) is 6.76. The molecule has 0 bridgehead atoms. The molecule has 11 nitrogen and oxygen atoms in total. The van der Waals surface area contributed by atoms with Gasteiger partial charge in [0.05, 0.1) is 34.4 Å². The molecule has 0 radical (unpaired) electrons. The molecular formula is C29H24N9O2+. The van der Waals surface area contributed by atoms with Gasteiger partial charge in [-0.15, -0.1) is 4.52 Å². The zero-order chi connectivity index (χ0) is 27.8. The molecule has 0 fully saturated rings. The number of aromatic amines is 1. The van der Waals surface area contributed by atoms with Crippen LogP contribution in [0.25, 0.3) is 22.2 Å². The van der Waals surface area contributed by atoms with Gasteiger partial charge in [-0.05, 0) is 36.2 Å². The number of rotatable bonds is 4. The van der Waals surface area contributed by atoms with Crippen LogP contribution < -0.4 is 21.1 Å². The molecule has 1 unspecified atom stereocenters. The van der Waals surface area contributed by atoms with Crippen molar-refractivity contribution in [2.75, 3.05) is 5.73 Å². The number of aromatic nitrogens is 7. The maximum Gasteiger partial charge on any atom is 0.362 e. The van der Waals surface area contributed by atoms with E-state index in [2.05, 4.69) is 32.3 Å². The van der Waals surface area contributed by atoms with Crippen molar-refractivity contribution in [3.63, 3.8) is 0 Å². The van der Waals surface area contributed by atoms with Crippen LogP contribution in [0.5, 0.6) is 0 Å². The second-order valence-electron chi connectivity index (χ2n) is 9.21. The number of amides is 1. The fourth-order valence-corrected chi connectivity index (χ4v) is 4.60. The Balaban J connectivity index is 1.48. The number of nitrogen functional groups attached to an aromatic ring is 1. The van der Waals surface area contributed by atoms with E-state index in [0.717, 1.165) is 5.56 Å². The minimum absolute atomic E-state index is 0.173. The van der Waals surface area contributed by atoms with Gasteiger partial charge in [0, 0.05) is 24.9 Å². The van der Waals surface area contributed by atoms with Gasteiger partial charge in [0.15, 0.2) is 11.4 Å². The molecule has 1 atom stereocenters. The van der Waals surface area contributed by atoms with E-state index in [9.17, 15) is 9.59 Å². The highest BCUT2D eigenvalue weighted by Crippen LogP contribution is 2.21. The molecule has 6 rings (SSSR count). The van der Waals surface area contributed by atoms with Crippen LogP contribution in [0.3, 0.4) is 0 Å². The minimum Gasteiger partial charge on any atom is -0.382 e. The van der Waals surface area contributed by atoms with Crippen molar-refractivity contribution in [2.45, 2.75) is 13.0 Å². The number of H-pyrrole nitrogens is 1. The van der Waals surface area contributed by atoms with E-state index in [4.69, 9.17) is 10.7 Å². The van der Waals surface area contributed by atoms with E-state index < -0.39 is 11.9 Å². The fraction of sp³-hybridized carbons (Fsp3) is 0.103. The van der Waals surface area contributed by atoms with Gasteiger partial charge < -0.3 is 11.1 Å². The van der Waals surface area contributed by atoms with Gasteiger partial charge in [0.2, 0.25) is 0 Å². The number of benzene rings is 2. The lowest BCUT2D eigenvalue weighted by Gasteiger charge is -2.19. The summed E-state index contributed by atoms with van der Waals surface area (Å²) >= 11 is 0. The number of carbonyl (C=O) groups excluding carboxylic acids is 1. The van der Waals surface area contributed by atoms with E-state index in [1.165, 1.54) is 4.57 Å². The summed E-state index contributed by atoms with van der Waals surface area (Å²) in [6.45, 7) is 1.77. The molecule has 2 aromatic carbocycles. The number of fused-ring (bicyclic) bond motifs is 2. The Morgan fingerprint density at radius 2 is 1.95 bits per heavy atom. The smallest absolute Gasteiger partial charge is 0.362 e. The molecular weight excluding hydrogens is 506 g/mol. The van der Waals surface area contributed by atoms with Crippen LogP contribution in [0.2, 0.25) is 0 Å². The predicted molar refractivity (Wildman–Crippen MR) is 149 cm³/mol. The lowest BCUT2D eigenvalue weighted by Crippen LogP contribution is -2.34. The van der Waals surface area contributed by atoms with Crippen molar-refractivity contribution >= 4 is 28.3 Å². The average molecular weight is 531 g/mol. The van der Waals surface area contributed by atoms with Crippen LogP contribution in [0.15, 0.2) is 84.2 Å². The Bertz CT molecular complexity index is 2030. The van der Waals surface area contributed by atoms with Crippen molar-refractivity contribution in [1.82, 2.24) is 34.7 Å². The molecule has 4 heterocycles. The molecule has 0 aliphatic rings. The highest BCUT2D eigenvalue weighted by Gasteiger charge is 2.27. The molecule has 196 valence electrons. The quantitative estimate of drug-likeness (QED) is 0.235. The van der Waals surface area contributed by atoms with Gasteiger partial charge in [0.1, 0.15) is 18.2 Å². The summed E-state index contributed by atoms with van der Waals surface area (Å²) < 4.78 is 4.74. The van der Waals surface area contributed by atoms with E-state index in [-0.39, 0.29) is 16.9 Å². The van der Waals surface area contributed by atoms with E-state index in [1.807, 2.05) is 37.4 Å². The number of para-hydroxylation sites is 1. The van der Waals surface area contributed by atoms with Gasteiger partial charge in [-0.1, -0.05) is 36.1 Å². The number of carbonyl (C=O) groups is 1. The summed E-state index contributed by atoms with van der Waals surface area (Å²) in [5.74, 6) is 6.25. The Morgan fingerprint density at radius 1 is 1.12 bits per heavy atom. The summed E-state index contributed by atoms with van der Waals surface area (Å²) in [4.78, 5) is 36.6. The van der Waals surface area contributed by atoms with Crippen LogP contribution in [0.4, 0.5) is 5.82 Å². The number of anilines is 1. The normalized spacial score (nSPS) is 11.8. The van der Waals surface area contributed by atoms with Crippen LogP contribution in [-0.2, 0) is 7.05 Å². The average Bonchev–Trinajstić information content (AvgIpc) is 3.53. The molecule has 40 heavy (non-hydrogen) atoms. The van der Waals surface area contributed by atoms with Crippen molar-refractivity contribution in [1.29, 1.82) is 0 Å². The lowest BCUT2D eigenvalue weighted by atomic mass is 10.1. The first kappa shape index (κ1) is 24.6. The Kier molecular flexibility index (Phi) is 6.05. The zero-order valence-electron chi connectivity index (χ0n) is 21.7. The Hall–Kier alpha value is -5.76. The van der Waals surface area contributed by atoms with Crippen LogP contribution in [0.1, 0.15) is 40.3 Å². The molecule has 0 aliphatic carbocycles. The van der Waals surface area contributed by atoms with Gasteiger partial charge in [-0.2, -0.15) is 5.10 Å². The summed E-state index contributed by atoms with van der Waals surface area (Å²) in [5.41, 5.74) is 8.75. The third-order valence-electron chi connectivity index (χ3n) is 6.43. The fourth-order valence-electron chi connectivity index (χ4n) is 4.60. The molecule has 4 N–H and O–H groups in total. The van der Waals surface area contributed by atoms with Gasteiger partial charge in [-0.3, -0.25) is 18.8 Å². The first-order valence-electron chi connectivity index (χ1n) is 12.5. The molecule has 0 spiro atoms. The standard InChI is InChI=1S/C29H23N9O2/c1-18(33-28(39)24-25(30)35-37-15-7-14-31-27(24)37)26-34-22-11-6-8-20(13-12-19-16-32-36(2)17-19)23(22)29(40)38(26)21-9-4-3-5-10-21/h3-11,14-18H,1-2H3,(H3,30,33,35,39)/p+1. The van der Waals surface area contributed by atoms with E-state index >= 15 is 0 Å². The van der Waals surface area contributed by atoms with Gasteiger partial charge >= 0.3 is 5.65 Å². The van der Waals surface area contributed by atoms with Crippen LogP contribution in [-0.4, -0.2) is 35.3 Å². The Morgan fingerprint density at radius 3 is 2.73 bits per heavy atom. The van der Waals surface area contributed by atoms with E-state index in [0.29, 0.717) is 33.6 Å².